The van der Waals surface area contributed by atoms with Crippen LogP contribution in [0.3, 0.4) is 0 Å². The van der Waals surface area contributed by atoms with Crippen molar-refractivity contribution in [3.05, 3.63) is 41.5 Å². The number of hydrogen-bond donors (Lipinski definition) is 2. The first-order valence-corrected chi connectivity index (χ1v) is 8.62. The molecule has 6 nitrogen and oxygen atoms in total. The topological polar surface area (TPSA) is 70.4 Å². The minimum absolute atomic E-state index is 0.0431. The number of aromatic hydroxyl groups is 1. The van der Waals surface area contributed by atoms with E-state index in [1.54, 1.807) is 17.9 Å². The van der Waals surface area contributed by atoms with Gasteiger partial charge in [0.05, 0.1) is 11.9 Å². The van der Waals surface area contributed by atoms with Crippen LogP contribution in [-0.4, -0.2) is 50.9 Å². The standard InChI is InChI=1S/C18H21FN4O2/c1-11-8-12(19)2-5-15(11)23-10-16(24)17(21-23)18(25)22-7-6-13-3-4-14(9-22)20-13/h2,5,8,10,13-14,20,24H,3-4,6-7,9H2,1H3. The summed E-state index contributed by atoms with van der Waals surface area (Å²) in [6, 6.07) is 5.11. The predicted molar refractivity (Wildman–Crippen MR) is 90.4 cm³/mol. The molecule has 1 aromatic heterocycles. The zero-order valence-electron chi connectivity index (χ0n) is 14.1. The second-order valence-electron chi connectivity index (χ2n) is 6.92. The highest BCUT2D eigenvalue weighted by molar-refractivity contribution is 5.95. The first-order valence-electron chi connectivity index (χ1n) is 8.62. The van der Waals surface area contributed by atoms with E-state index in [1.165, 1.54) is 23.0 Å². The van der Waals surface area contributed by atoms with Gasteiger partial charge in [-0.1, -0.05) is 0 Å². The minimum atomic E-state index is -0.332. The fourth-order valence-electron chi connectivity index (χ4n) is 3.79. The zero-order chi connectivity index (χ0) is 17.6. The number of nitrogens with zero attached hydrogens (tertiary/aromatic N) is 3. The minimum Gasteiger partial charge on any atom is -0.504 e. The number of rotatable bonds is 2. The Morgan fingerprint density at radius 1 is 1.32 bits per heavy atom. The molecule has 2 atom stereocenters. The lowest BCUT2D eigenvalue weighted by Crippen LogP contribution is -2.39. The van der Waals surface area contributed by atoms with Crippen molar-refractivity contribution in [2.45, 2.75) is 38.3 Å². The molecule has 2 fully saturated rings. The number of likely N-dealkylation sites (tertiary alicyclic amines) is 1. The number of aromatic nitrogens is 2. The third kappa shape index (κ3) is 3.00. The van der Waals surface area contributed by atoms with Gasteiger partial charge >= 0.3 is 0 Å². The Balaban J connectivity index is 1.60. The average molecular weight is 344 g/mol. The van der Waals surface area contributed by atoms with Crippen molar-refractivity contribution >= 4 is 5.91 Å². The second kappa shape index (κ2) is 6.15. The van der Waals surface area contributed by atoms with Crippen LogP contribution in [0.25, 0.3) is 5.69 Å². The van der Waals surface area contributed by atoms with Crippen LogP contribution in [0.2, 0.25) is 0 Å². The number of hydrogen-bond acceptors (Lipinski definition) is 4. The first-order chi connectivity index (χ1) is 12.0. The molecule has 2 aliphatic heterocycles. The van der Waals surface area contributed by atoms with Crippen LogP contribution in [0.15, 0.2) is 24.4 Å². The molecule has 2 unspecified atom stereocenters. The van der Waals surface area contributed by atoms with E-state index in [4.69, 9.17) is 0 Å². The Kier molecular flexibility index (Phi) is 3.95. The lowest BCUT2D eigenvalue weighted by molar-refractivity contribution is 0.0738. The number of fused-ring (bicyclic) bond motifs is 2. The van der Waals surface area contributed by atoms with E-state index in [0.717, 1.165) is 19.3 Å². The molecule has 2 aromatic rings. The Labute approximate surface area is 145 Å². The van der Waals surface area contributed by atoms with Gasteiger partial charge in [-0.2, -0.15) is 5.10 Å². The molecule has 0 aliphatic carbocycles. The van der Waals surface area contributed by atoms with Crippen molar-refractivity contribution in [1.29, 1.82) is 0 Å². The molecule has 7 heteroatoms. The molecule has 132 valence electrons. The van der Waals surface area contributed by atoms with Crippen molar-refractivity contribution in [3.8, 4) is 11.4 Å². The van der Waals surface area contributed by atoms with Gasteiger partial charge in [0.2, 0.25) is 0 Å². The van der Waals surface area contributed by atoms with Gasteiger partial charge in [-0.15, -0.1) is 0 Å². The number of carbonyl (C=O) groups is 1. The Hall–Kier alpha value is -2.41. The Morgan fingerprint density at radius 3 is 2.92 bits per heavy atom. The van der Waals surface area contributed by atoms with E-state index < -0.39 is 0 Å². The largest absolute Gasteiger partial charge is 0.504 e. The fraction of sp³-hybridized carbons (Fsp3) is 0.444. The molecule has 3 heterocycles. The molecular weight excluding hydrogens is 323 g/mol. The van der Waals surface area contributed by atoms with Crippen LogP contribution >= 0.6 is 0 Å². The summed E-state index contributed by atoms with van der Waals surface area (Å²) in [6.07, 6.45) is 4.55. The number of amides is 1. The Bertz CT molecular complexity index is 819. The van der Waals surface area contributed by atoms with E-state index in [-0.39, 0.29) is 23.2 Å². The molecule has 0 radical (unpaired) electrons. The lowest BCUT2D eigenvalue weighted by atomic mass is 10.1. The van der Waals surface area contributed by atoms with Crippen molar-refractivity contribution in [1.82, 2.24) is 20.0 Å². The van der Waals surface area contributed by atoms with E-state index in [2.05, 4.69) is 10.4 Å². The van der Waals surface area contributed by atoms with Gasteiger partial charge in [-0.05, 0) is 49.9 Å². The van der Waals surface area contributed by atoms with E-state index in [0.29, 0.717) is 36.4 Å². The maximum Gasteiger partial charge on any atom is 0.278 e. The summed E-state index contributed by atoms with van der Waals surface area (Å²) in [6.45, 7) is 3.06. The van der Waals surface area contributed by atoms with Gasteiger partial charge in [0, 0.05) is 25.2 Å². The lowest BCUT2D eigenvalue weighted by Gasteiger charge is -2.23. The first kappa shape index (κ1) is 16.1. The summed E-state index contributed by atoms with van der Waals surface area (Å²) in [4.78, 5) is 14.6. The molecule has 0 saturated carbocycles. The number of benzene rings is 1. The van der Waals surface area contributed by atoms with Crippen molar-refractivity contribution < 1.29 is 14.3 Å². The summed E-state index contributed by atoms with van der Waals surface area (Å²) in [7, 11) is 0. The van der Waals surface area contributed by atoms with Gasteiger partial charge in [-0.25, -0.2) is 9.07 Å². The molecular formula is C18H21FN4O2. The van der Waals surface area contributed by atoms with E-state index in [1.807, 2.05) is 0 Å². The normalized spacial score (nSPS) is 22.9. The number of aryl methyl sites for hydroxylation is 1. The van der Waals surface area contributed by atoms with Gasteiger partial charge in [-0.3, -0.25) is 4.79 Å². The van der Waals surface area contributed by atoms with Crippen LogP contribution in [0.1, 0.15) is 35.3 Å². The number of halogens is 1. The van der Waals surface area contributed by atoms with E-state index >= 15 is 0 Å². The molecule has 1 amide bonds. The van der Waals surface area contributed by atoms with Crippen LogP contribution < -0.4 is 5.32 Å². The molecule has 2 aliphatic rings. The SMILES string of the molecule is Cc1cc(F)ccc1-n1cc(O)c(C(=O)N2CCC3CCC(C2)N3)n1. The van der Waals surface area contributed by atoms with Crippen LogP contribution in [-0.2, 0) is 0 Å². The molecule has 1 aromatic carbocycles. The zero-order valence-corrected chi connectivity index (χ0v) is 14.1. The van der Waals surface area contributed by atoms with Crippen LogP contribution in [0.4, 0.5) is 4.39 Å². The smallest absolute Gasteiger partial charge is 0.278 e. The van der Waals surface area contributed by atoms with Crippen molar-refractivity contribution in [3.63, 3.8) is 0 Å². The number of nitrogens with one attached hydrogen (secondary N) is 1. The Morgan fingerprint density at radius 2 is 2.12 bits per heavy atom. The summed E-state index contributed by atoms with van der Waals surface area (Å²) in [5.41, 5.74) is 1.35. The molecule has 4 rings (SSSR count). The van der Waals surface area contributed by atoms with Gasteiger partial charge in [0.15, 0.2) is 11.4 Å². The third-order valence-electron chi connectivity index (χ3n) is 5.11. The third-order valence-corrected chi connectivity index (χ3v) is 5.11. The molecule has 2 saturated heterocycles. The van der Waals surface area contributed by atoms with Crippen LogP contribution in [0.5, 0.6) is 5.75 Å². The maximum atomic E-state index is 13.3. The second-order valence-corrected chi connectivity index (χ2v) is 6.92. The van der Waals surface area contributed by atoms with Gasteiger partial charge in [0.25, 0.3) is 5.91 Å². The summed E-state index contributed by atoms with van der Waals surface area (Å²) >= 11 is 0. The number of carbonyl (C=O) groups excluding carboxylic acids is 1. The van der Waals surface area contributed by atoms with E-state index in [9.17, 15) is 14.3 Å². The summed E-state index contributed by atoms with van der Waals surface area (Å²) < 4.78 is 14.7. The van der Waals surface area contributed by atoms with Crippen molar-refractivity contribution in [2.24, 2.45) is 0 Å². The highest BCUT2D eigenvalue weighted by Crippen LogP contribution is 2.25. The predicted octanol–water partition coefficient (Wildman–Crippen LogP) is 1.99. The molecule has 2 bridgehead atoms. The van der Waals surface area contributed by atoms with Crippen LogP contribution in [0, 0.1) is 12.7 Å². The molecule has 25 heavy (non-hydrogen) atoms. The van der Waals surface area contributed by atoms with Crippen molar-refractivity contribution in [2.75, 3.05) is 13.1 Å². The summed E-state index contributed by atoms with van der Waals surface area (Å²) in [5, 5.41) is 18.0. The highest BCUT2D eigenvalue weighted by Gasteiger charge is 2.33. The summed E-state index contributed by atoms with van der Waals surface area (Å²) in [5.74, 6) is -0.748. The highest BCUT2D eigenvalue weighted by atomic mass is 19.1. The quantitative estimate of drug-likeness (QED) is 0.874. The molecule has 2 N–H and O–H groups in total. The monoisotopic (exact) mass is 344 g/mol. The average Bonchev–Trinajstić information content (AvgIpc) is 3.09. The fourth-order valence-corrected chi connectivity index (χ4v) is 3.79. The van der Waals surface area contributed by atoms with Gasteiger partial charge in [0.1, 0.15) is 5.82 Å². The maximum absolute atomic E-state index is 13.3. The van der Waals surface area contributed by atoms with Gasteiger partial charge < -0.3 is 15.3 Å². The molecule has 0 spiro atoms.